The molecule has 2 aromatic heterocycles. The van der Waals surface area contributed by atoms with Gasteiger partial charge in [0.2, 0.25) is 0 Å². The first-order valence-corrected chi connectivity index (χ1v) is 6.66. The molecule has 0 bridgehead atoms. The summed E-state index contributed by atoms with van der Waals surface area (Å²) in [6.45, 7) is 1.75. The zero-order valence-corrected chi connectivity index (χ0v) is 12.6. The first kappa shape index (κ1) is 16.1. The van der Waals surface area contributed by atoms with E-state index >= 15 is 0 Å². The van der Waals surface area contributed by atoms with E-state index in [9.17, 15) is 9.59 Å². The Labute approximate surface area is 132 Å². The number of carbonyl (C=O) groups excluding carboxylic acids is 2. The van der Waals surface area contributed by atoms with Crippen molar-refractivity contribution in [3.63, 3.8) is 0 Å². The first-order chi connectivity index (χ1) is 11.0. The number of aryl methyl sites for hydroxylation is 1. The molecule has 0 unspecified atom stereocenters. The summed E-state index contributed by atoms with van der Waals surface area (Å²) < 4.78 is 15.0. The Morgan fingerprint density at radius 3 is 2.87 bits per heavy atom. The lowest BCUT2D eigenvalue weighted by Gasteiger charge is -2.01. The second-order valence-electron chi connectivity index (χ2n) is 4.54. The van der Waals surface area contributed by atoms with Gasteiger partial charge in [0.1, 0.15) is 34.5 Å². The van der Waals surface area contributed by atoms with Crippen LogP contribution in [0.5, 0.6) is 0 Å². The van der Waals surface area contributed by atoms with E-state index in [4.69, 9.17) is 14.1 Å². The van der Waals surface area contributed by atoms with E-state index in [2.05, 4.69) is 10.1 Å². The molecule has 0 aromatic carbocycles. The van der Waals surface area contributed by atoms with Crippen LogP contribution >= 0.6 is 0 Å². The lowest BCUT2D eigenvalue weighted by atomic mass is 10.2. The van der Waals surface area contributed by atoms with Gasteiger partial charge in [-0.1, -0.05) is 0 Å². The first-order valence-electron chi connectivity index (χ1n) is 6.66. The Hall–Kier alpha value is -3.27. The highest BCUT2D eigenvalue weighted by atomic mass is 16.5. The van der Waals surface area contributed by atoms with Crippen LogP contribution in [0.3, 0.4) is 0 Å². The van der Waals surface area contributed by atoms with Crippen molar-refractivity contribution in [2.75, 3.05) is 7.11 Å². The van der Waals surface area contributed by atoms with Gasteiger partial charge in [0.25, 0.3) is 5.91 Å². The van der Waals surface area contributed by atoms with Crippen LogP contribution in [-0.2, 0) is 16.1 Å². The van der Waals surface area contributed by atoms with Gasteiger partial charge in [-0.2, -0.15) is 5.26 Å². The lowest BCUT2D eigenvalue weighted by molar-refractivity contribution is -0.117. The Morgan fingerprint density at radius 1 is 1.48 bits per heavy atom. The number of nitrogens with one attached hydrogen (secondary N) is 1. The molecule has 0 spiro atoms. The summed E-state index contributed by atoms with van der Waals surface area (Å²) in [4.78, 5) is 23.5. The smallest absolute Gasteiger partial charge is 0.341 e. The maximum atomic E-state index is 12.0. The summed E-state index contributed by atoms with van der Waals surface area (Å²) in [6.07, 6.45) is 2.75. The van der Waals surface area contributed by atoms with Gasteiger partial charge in [-0.25, -0.2) is 4.79 Å². The number of amides is 1. The van der Waals surface area contributed by atoms with Crippen molar-refractivity contribution in [2.24, 2.45) is 0 Å². The summed E-state index contributed by atoms with van der Waals surface area (Å²) in [5.74, 6) is 0.00527. The second-order valence-corrected chi connectivity index (χ2v) is 4.54. The molecule has 0 saturated carbocycles. The SMILES string of the molecule is COC(=O)c1cc(/C=C(\C#N)C(=O)NCc2ccco2)oc1C. The lowest BCUT2D eigenvalue weighted by Crippen LogP contribution is -2.23. The van der Waals surface area contributed by atoms with Gasteiger partial charge >= 0.3 is 5.97 Å². The molecule has 0 aliphatic carbocycles. The summed E-state index contributed by atoms with van der Waals surface area (Å²) in [5, 5.41) is 11.7. The van der Waals surface area contributed by atoms with E-state index in [0.29, 0.717) is 11.5 Å². The van der Waals surface area contributed by atoms with Crippen LogP contribution < -0.4 is 5.32 Å². The minimum absolute atomic E-state index is 0.151. The van der Waals surface area contributed by atoms with Crippen LogP contribution in [0.15, 0.2) is 38.9 Å². The maximum absolute atomic E-state index is 12.0. The number of ether oxygens (including phenoxy) is 1. The largest absolute Gasteiger partial charge is 0.467 e. The fourth-order valence-electron chi connectivity index (χ4n) is 1.86. The highest BCUT2D eigenvalue weighted by Crippen LogP contribution is 2.18. The van der Waals surface area contributed by atoms with E-state index in [1.807, 2.05) is 0 Å². The predicted octanol–water partition coefficient (Wildman–Crippen LogP) is 2.19. The third-order valence-corrected chi connectivity index (χ3v) is 3.00. The zero-order valence-electron chi connectivity index (χ0n) is 12.6. The number of furan rings is 2. The van der Waals surface area contributed by atoms with Crippen molar-refractivity contribution in [2.45, 2.75) is 13.5 Å². The molecule has 0 atom stereocenters. The number of carbonyl (C=O) groups is 2. The number of esters is 1. The molecule has 1 N–H and O–H groups in total. The third-order valence-electron chi connectivity index (χ3n) is 3.00. The molecule has 0 radical (unpaired) electrons. The summed E-state index contributed by atoms with van der Waals surface area (Å²) in [7, 11) is 1.26. The monoisotopic (exact) mass is 314 g/mol. The minimum atomic E-state index is -0.572. The fraction of sp³-hybridized carbons (Fsp3) is 0.188. The van der Waals surface area contributed by atoms with Crippen LogP contribution in [0.4, 0.5) is 0 Å². The fourth-order valence-corrected chi connectivity index (χ4v) is 1.86. The van der Waals surface area contributed by atoms with Crippen LogP contribution in [0.25, 0.3) is 6.08 Å². The minimum Gasteiger partial charge on any atom is -0.467 e. The number of nitriles is 1. The van der Waals surface area contributed by atoms with E-state index in [1.165, 1.54) is 25.5 Å². The molecule has 0 fully saturated rings. The number of hydrogen-bond donors (Lipinski definition) is 1. The van der Waals surface area contributed by atoms with Crippen LogP contribution in [0, 0.1) is 18.3 Å². The van der Waals surface area contributed by atoms with Crippen molar-refractivity contribution in [3.05, 3.63) is 52.9 Å². The van der Waals surface area contributed by atoms with Crippen molar-refractivity contribution in [1.82, 2.24) is 5.32 Å². The van der Waals surface area contributed by atoms with E-state index in [0.717, 1.165) is 0 Å². The molecule has 1 amide bonds. The highest BCUT2D eigenvalue weighted by molar-refractivity contribution is 6.01. The highest BCUT2D eigenvalue weighted by Gasteiger charge is 2.16. The van der Waals surface area contributed by atoms with Crippen molar-refractivity contribution in [1.29, 1.82) is 5.26 Å². The molecule has 2 heterocycles. The van der Waals surface area contributed by atoms with E-state index in [1.54, 1.807) is 25.1 Å². The van der Waals surface area contributed by atoms with Gasteiger partial charge in [-0.3, -0.25) is 4.79 Å². The van der Waals surface area contributed by atoms with Gasteiger partial charge in [0, 0.05) is 6.08 Å². The zero-order chi connectivity index (χ0) is 16.8. The Morgan fingerprint density at radius 2 is 2.26 bits per heavy atom. The standard InChI is InChI=1S/C16H14N2O5/c1-10-14(16(20)21-2)7-13(23-10)6-11(8-17)15(19)18-9-12-4-3-5-22-12/h3-7H,9H2,1-2H3,(H,18,19)/b11-6+. The van der Waals surface area contributed by atoms with Gasteiger partial charge in [-0.15, -0.1) is 0 Å². The summed E-state index contributed by atoms with van der Waals surface area (Å²) in [6, 6.07) is 6.61. The van der Waals surface area contributed by atoms with Gasteiger partial charge < -0.3 is 18.9 Å². The van der Waals surface area contributed by atoms with Gasteiger partial charge in [0.05, 0.1) is 19.9 Å². The quantitative estimate of drug-likeness (QED) is 0.515. The average molecular weight is 314 g/mol. The van der Waals surface area contributed by atoms with Crippen LogP contribution in [0.1, 0.15) is 27.6 Å². The van der Waals surface area contributed by atoms with Crippen molar-refractivity contribution < 1.29 is 23.2 Å². The molecule has 0 aliphatic rings. The molecule has 2 rings (SSSR count). The second kappa shape index (κ2) is 7.13. The van der Waals surface area contributed by atoms with E-state index in [-0.39, 0.29) is 23.4 Å². The molecule has 23 heavy (non-hydrogen) atoms. The number of hydrogen-bond acceptors (Lipinski definition) is 6. The molecule has 118 valence electrons. The van der Waals surface area contributed by atoms with E-state index < -0.39 is 11.9 Å². The van der Waals surface area contributed by atoms with Crippen LogP contribution in [-0.4, -0.2) is 19.0 Å². The summed E-state index contributed by atoms with van der Waals surface area (Å²) in [5.41, 5.74) is 0.0914. The number of rotatable bonds is 5. The number of methoxy groups -OCH3 is 1. The molecule has 0 saturated heterocycles. The summed E-state index contributed by atoms with van der Waals surface area (Å²) >= 11 is 0. The average Bonchev–Trinajstić information content (AvgIpc) is 3.19. The maximum Gasteiger partial charge on any atom is 0.341 e. The molecule has 7 nitrogen and oxygen atoms in total. The topological polar surface area (TPSA) is 105 Å². The molecular formula is C16H14N2O5. The Bertz CT molecular complexity index is 778. The number of nitrogens with zero attached hydrogens (tertiary/aromatic N) is 1. The van der Waals surface area contributed by atoms with Crippen molar-refractivity contribution in [3.8, 4) is 6.07 Å². The van der Waals surface area contributed by atoms with Gasteiger partial charge in [-0.05, 0) is 25.1 Å². The molecule has 7 heteroatoms. The molecule has 0 aliphatic heterocycles. The van der Waals surface area contributed by atoms with Crippen LogP contribution in [0.2, 0.25) is 0 Å². The Balaban J connectivity index is 2.13. The predicted molar refractivity (Wildman–Crippen MR) is 78.9 cm³/mol. The van der Waals surface area contributed by atoms with Crippen molar-refractivity contribution >= 4 is 18.0 Å². The van der Waals surface area contributed by atoms with Gasteiger partial charge in [0.15, 0.2) is 0 Å². The normalized spacial score (nSPS) is 10.9. The molecule has 2 aromatic rings. The molecular weight excluding hydrogens is 300 g/mol. The Kier molecular flexibility index (Phi) is 5.00. The third kappa shape index (κ3) is 3.89.